The average molecular weight is 568 g/mol. The van der Waals surface area contributed by atoms with Gasteiger partial charge < -0.3 is 42.2 Å². The van der Waals surface area contributed by atoms with E-state index >= 15 is 0 Å². The molecule has 2 aromatic heterocycles. The largest absolute Gasteiger partial charge is 0.549 e. The maximum Gasteiger partial charge on any atom is 0.361 e. The Kier molecular flexibility index (Phi) is 7.65. The van der Waals surface area contributed by atoms with Gasteiger partial charge in [-0.1, -0.05) is 5.16 Å². The number of thioether (sulfide) groups is 2. The van der Waals surface area contributed by atoms with Crippen molar-refractivity contribution in [1.82, 2.24) is 20.2 Å². The average Bonchev–Trinajstić information content (AvgIpc) is 3.29. The number of amides is 2. The third-order valence-corrected chi connectivity index (χ3v) is 9.35. The first-order valence-electron chi connectivity index (χ1n) is 11.0. The van der Waals surface area contributed by atoms with Gasteiger partial charge in [0.1, 0.15) is 35.6 Å². The first kappa shape index (κ1) is 26.7. The second-order valence-electron chi connectivity index (χ2n) is 8.38. The summed E-state index contributed by atoms with van der Waals surface area (Å²) in [5.41, 5.74) is 16.3. The van der Waals surface area contributed by atoms with Gasteiger partial charge >= 0.3 is 5.16 Å². The van der Waals surface area contributed by atoms with Gasteiger partial charge in [0.15, 0.2) is 10.8 Å². The highest BCUT2D eigenvalue weighted by Gasteiger charge is 2.56. The van der Waals surface area contributed by atoms with Gasteiger partial charge in [-0.15, -0.1) is 23.1 Å². The van der Waals surface area contributed by atoms with Crippen LogP contribution in [0.1, 0.15) is 12.6 Å². The van der Waals surface area contributed by atoms with Crippen LogP contribution in [-0.2, 0) is 26.3 Å². The van der Waals surface area contributed by atoms with Crippen LogP contribution >= 0.6 is 34.9 Å². The number of nitrogens with zero attached hydrogens (tertiary/aromatic N) is 5. The summed E-state index contributed by atoms with van der Waals surface area (Å²) in [6.45, 7) is 1.87. The lowest BCUT2D eigenvalue weighted by atomic mass is 9.89. The molecule has 4 rings (SSSR count). The van der Waals surface area contributed by atoms with Crippen molar-refractivity contribution in [1.29, 1.82) is 0 Å². The number of oxime groups is 1. The molecule has 2 unspecified atom stereocenters. The topological polar surface area (TPSA) is 219 Å². The molecule has 7 N–H and O–H groups in total. The smallest absolute Gasteiger partial charge is 0.361 e. The van der Waals surface area contributed by atoms with Gasteiger partial charge in [0.2, 0.25) is 5.91 Å². The van der Waals surface area contributed by atoms with Gasteiger partial charge in [0.25, 0.3) is 11.7 Å². The van der Waals surface area contributed by atoms with Crippen molar-refractivity contribution < 1.29 is 28.9 Å². The first-order chi connectivity index (χ1) is 17.6. The summed E-state index contributed by atoms with van der Waals surface area (Å²) in [4.78, 5) is 52.9. The van der Waals surface area contributed by atoms with Crippen molar-refractivity contribution >= 4 is 75.0 Å². The summed E-state index contributed by atoms with van der Waals surface area (Å²) in [5, 5.41) is 20.6. The molecular formula is C20H25N9O5S3. The molecule has 0 bridgehead atoms. The second-order valence-corrected chi connectivity index (χ2v) is 11.3. The van der Waals surface area contributed by atoms with Crippen LogP contribution in [0.4, 0.5) is 16.6 Å². The van der Waals surface area contributed by atoms with E-state index in [0.717, 1.165) is 11.3 Å². The van der Waals surface area contributed by atoms with Gasteiger partial charge in [-0.05, 0) is 23.7 Å². The van der Waals surface area contributed by atoms with Gasteiger partial charge in [0.05, 0.1) is 13.0 Å². The number of carbonyl (C=O) groups is 3. The van der Waals surface area contributed by atoms with Crippen LogP contribution in [0.2, 0.25) is 0 Å². The summed E-state index contributed by atoms with van der Waals surface area (Å²) < 4.78 is 1.65. The monoisotopic (exact) mass is 567 g/mol. The lowest BCUT2D eigenvalue weighted by Gasteiger charge is -2.55. The van der Waals surface area contributed by atoms with Crippen molar-refractivity contribution in [2.24, 2.45) is 17.6 Å². The predicted molar refractivity (Wildman–Crippen MR) is 137 cm³/mol. The Morgan fingerprint density at radius 1 is 1.41 bits per heavy atom. The van der Waals surface area contributed by atoms with Crippen LogP contribution < -0.4 is 32.2 Å². The number of aryl methyl sites for hydroxylation is 1. The van der Waals surface area contributed by atoms with Crippen molar-refractivity contribution in [2.45, 2.75) is 23.5 Å². The molecule has 0 aromatic carbocycles. The number of carboxylic acid groups (broad SMARTS) is 1. The molecule has 14 nitrogen and oxygen atoms in total. The van der Waals surface area contributed by atoms with Crippen LogP contribution in [0.5, 0.6) is 0 Å². The van der Waals surface area contributed by atoms with E-state index in [2.05, 4.69) is 20.4 Å². The molecule has 2 fully saturated rings. The van der Waals surface area contributed by atoms with Crippen LogP contribution in [-0.4, -0.2) is 74.4 Å². The third-order valence-electron chi connectivity index (χ3n) is 5.75. The lowest BCUT2D eigenvalue weighted by molar-refractivity contribution is -0.712. The van der Waals surface area contributed by atoms with Gasteiger partial charge in [-0.25, -0.2) is 9.55 Å². The van der Waals surface area contributed by atoms with Gasteiger partial charge in [-0.3, -0.25) is 9.59 Å². The van der Waals surface area contributed by atoms with Crippen molar-refractivity contribution in [3.63, 3.8) is 0 Å². The number of hydrogen-bond acceptors (Lipinski definition) is 14. The molecular weight excluding hydrogens is 542 g/mol. The number of β-lactam (4-membered cyclic amide) rings is 1. The molecule has 0 aliphatic carbocycles. The van der Waals surface area contributed by atoms with Crippen molar-refractivity contribution in [3.05, 3.63) is 17.3 Å². The van der Waals surface area contributed by atoms with E-state index in [1.165, 1.54) is 28.4 Å². The number of carboxylic acids is 1. The van der Waals surface area contributed by atoms with E-state index in [1.54, 1.807) is 30.1 Å². The number of thiazole rings is 1. The van der Waals surface area contributed by atoms with Crippen LogP contribution in [0.25, 0.3) is 0 Å². The number of nitrogens with two attached hydrogens (primary N) is 3. The van der Waals surface area contributed by atoms with Gasteiger partial charge in [0, 0.05) is 28.8 Å². The Labute approximate surface area is 224 Å². The standard InChI is InChI=1S/C20H25N9O5S3/c1-3-34-27-11(10-5-35-18(23)24-10)14(30)25-12-15(31)29-6-20(17(32)33,7-36-16(12)29)8-37-19-26-13(22)9(21)4-28(19)2/h4-5,12,16,22H,3,6-8,21H2,1-2H3,(H4,23,24,25,30,32,33)/t12?,16-,20?/m1/s1. The lowest BCUT2D eigenvalue weighted by Crippen LogP contribution is -2.75. The number of fused-ring (bicyclic) bond motifs is 1. The number of carbonyl (C=O) groups excluding carboxylic acids is 3. The molecule has 17 heteroatoms. The summed E-state index contributed by atoms with van der Waals surface area (Å²) in [7, 11) is 1.72. The number of aromatic nitrogens is 3. The zero-order valence-electron chi connectivity index (χ0n) is 19.9. The van der Waals surface area contributed by atoms with E-state index in [0.29, 0.717) is 10.8 Å². The zero-order valence-corrected chi connectivity index (χ0v) is 22.3. The normalized spacial score (nSPS) is 23.2. The molecule has 2 aliphatic heterocycles. The first-order valence-corrected chi connectivity index (χ1v) is 13.9. The highest BCUT2D eigenvalue weighted by Crippen LogP contribution is 2.43. The molecule has 0 saturated carbocycles. The minimum atomic E-state index is -1.33. The number of hydrogen-bond donors (Lipinski definition) is 4. The van der Waals surface area contributed by atoms with E-state index in [-0.39, 0.29) is 47.0 Å². The van der Waals surface area contributed by atoms with Crippen LogP contribution in [0.15, 0.2) is 21.9 Å². The molecule has 2 amide bonds. The fourth-order valence-electron chi connectivity index (χ4n) is 3.75. The highest BCUT2D eigenvalue weighted by molar-refractivity contribution is 8.00. The molecule has 2 aliphatic rings. The molecule has 2 saturated heterocycles. The quantitative estimate of drug-likeness (QED) is 0.0632. The van der Waals surface area contributed by atoms with E-state index in [1.807, 2.05) is 0 Å². The number of nitrogens with one attached hydrogen (secondary N) is 1. The van der Waals surface area contributed by atoms with E-state index in [9.17, 15) is 19.5 Å². The van der Waals surface area contributed by atoms with Crippen LogP contribution in [0, 0.1) is 5.41 Å². The summed E-state index contributed by atoms with van der Waals surface area (Å²) in [6, 6.07) is -0.857. The molecule has 4 heterocycles. The summed E-state index contributed by atoms with van der Waals surface area (Å²) in [5.74, 6) is -1.93. The van der Waals surface area contributed by atoms with Gasteiger partial charge in [-0.2, -0.15) is 0 Å². The Balaban J connectivity index is 1.44. The molecule has 3 atom stereocenters. The zero-order chi connectivity index (χ0) is 26.9. The number of rotatable bonds is 9. The van der Waals surface area contributed by atoms with E-state index < -0.39 is 34.6 Å². The summed E-state index contributed by atoms with van der Waals surface area (Å²) >= 11 is 3.58. The minimum absolute atomic E-state index is 0.0676. The fraction of sp³-hybridized carbons (Fsp3) is 0.450. The number of anilines is 3. The molecule has 198 valence electrons. The van der Waals surface area contributed by atoms with E-state index in [4.69, 9.17) is 22.0 Å². The highest BCUT2D eigenvalue weighted by atomic mass is 32.2. The second kappa shape index (κ2) is 10.6. The maximum atomic E-state index is 13.0. The molecule has 0 spiro atoms. The molecule has 0 radical (unpaired) electrons. The minimum Gasteiger partial charge on any atom is -0.549 e. The maximum absolute atomic E-state index is 13.0. The van der Waals surface area contributed by atoms with Crippen molar-refractivity contribution in [3.8, 4) is 0 Å². The predicted octanol–water partition coefficient (Wildman–Crippen LogP) is -2.22. The fourth-order valence-corrected chi connectivity index (χ4v) is 7.10. The van der Waals surface area contributed by atoms with Crippen LogP contribution in [0.3, 0.4) is 0 Å². The molecule has 37 heavy (non-hydrogen) atoms. The Hall–Kier alpha value is -3.31. The Bertz CT molecular complexity index is 1270. The van der Waals surface area contributed by atoms with Crippen molar-refractivity contribution in [2.75, 3.05) is 41.9 Å². The Morgan fingerprint density at radius 3 is 2.81 bits per heavy atom. The SMILES string of the molecule is CCON=C(C(=O)NC1C(=O)N2CC(CSc3nc(N)c(N)c[n+]3C)(C(=O)[O-])CS[C@H]12)c1csc(N)n1. The number of nitrogen functional groups attached to an aromatic ring is 3. The summed E-state index contributed by atoms with van der Waals surface area (Å²) in [6.07, 6.45) is 1.59. The number of aliphatic carboxylic acids is 1. The third kappa shape index (κ3) is 5.24. The molecule has 2 aromatic rings. The Morgan fingerprint density at radius 2 is 2.16 bits per heavy atom.